The molecule has 120 valence electrons. The van der Waals surface area contributed by atoms with Crippen molar-refractivity contribution < 1.29 is 15.1 Å². The first-order valence-electron chi connectivity index (χ1n) is 7.71. The standard InChI is InChI=1S/C17H25N3O2/c1-17(2,3)15(21)12-13-7-10-20(11-8-13)16-14(19-22-4)6-5-9-18-16/h5-6,9,12,19H,7-8,10-11H2,1-4H3/p+1. The van der Waals surface area contributed by atoms with E-state index in [4.69, 9.17) is 4.84 Å². The van der Waals surface area contributed by atoms with Gasteiger partial charge in [-0.25, -0.2) is 9.82 Å². The molecule has 0 radical (unpaired) electrons. The van der Waals surface area contributed by atoms with E-state index in [2.05, 4.69) is 9.88 Å². The molecule has 0 spiro atoms. The summed E-state index contributed by atoms with van der Waals surface area (Å²) in [6, 6.07) is 3.91. The van der Waals surface area contributed by atoms with Gasteiger partial charge >= 0.3 is 0 Å². The molecule has 2 rings (SSSR count). The summed E-state index contributed by atoms with van der Waals surface area (Å²) in [6.07, 6.45) is 5.46. The Morgan fingerprint density at radius 2 is 2.05 bits per heavy atom. The van der Waals surface area contributed by atoms with Crippen molar-refractivity contribution in [2.75, 3.05) is 25.1 Å². The van der Waals surface area contributed by atoms with Gasteiger partial charge in [-0.3, -0.25) is 4.79 Å². The van der Waals surface area contributed by atoms with Crippen LogP contribution >= 0.6 is 0 Å². The fourth-order valence-electron chi connectivity index (χ4n) is 2.44. The minimum Gasteiger partial charge on any atom is -0.351 e. The predicted octanol–water partition coefficient (Wildman–Crippen LogP) is 1.98. The minimum absolute atomic E-state index is 0.210. The van der Waals surface area contributed by atoms with E-state index in [1.807, 2.05) is 39.0 Å². The number of ketones is 1. The average Bonchev–Trinajstić information content (AvgIpc) is 2.48. The Morgan fingerprint density at radius 3 is 2.64 bits per heavy atom. The molecular weight excluding hydrogens is 278 g/mol. The van der Waals surface area contributed by atoms with E-state index in [0.29, 0.717) is 0 Å². The normalized spacial score (nSPS) is 15.8. The highest BCUT2D eigenvalue weighted by Crippen LogP contribution is 2.26. The third-order valence-corrected chi connectivity index (χ3v) is 3.84. The first kappa shape index (κ1) is 16.6. The van der Waals surface area contributed by atoms with Crippen molar-refractivity contribution in [2.45, 2.75) is 33.6 Å². The van der Waals surface area contributed by atoms with Crippen molar-refractivity contribution in [2.24, 2.45) is 5.41 Å². The van der Waals surface area contributed by atoms with Gasteiger partial charge in [-0.15, -0.1) is 0 Å². The van der Waals surface area contributed by atoms with Crippen molar-refractivity contribution in [3.63, 3.8) is 0 Å². The molecule has 1 saturated heterocycles. The summed E-state index contributed by atoms with van der Waals surface area (Å²) in [5, 5.41) is 0. The van der Waals surface area contributed by atoms with E-state index in [1.165, 1.54) is 5.57 Å². The summed E-state index contributed by atoms with van der Waals surface area (Å²) in [7, 11) is 1.64. The number of aromatic nitrogens is 1. The Balaban J connectivity index is 2.04. The third-order valence-electron chi connectivity index (χ3n) is 3.84. The molecule has 1 aromatic rings. The molecule has 22 heavy (non-hydrogen) atoms. The molecule has 0 atom stereocenters. The van der Waals surface area contributed by atoms with Crippen LogP contribution in [-0.2, 0) is 9.63 Å². The van der Waals surface area contributed by atoms with Crippen LogP contribution in [0, 0.1) is 5.41 Å². The van der Waals surface area contributed by atoms with Gasteiger partial charge in [0.25, 0.3) is 0 Å². The SMILES string of the molecule is CO[NH2+]c1cccnc1N1CCC(=CC(=O)C(C)(C)C)CC1. The molecule has 0 saturated carbocycles. The number of hydrogen-bond donors (Lipinski definition) is 1. The summed E-state index contributed by atoms with van der Waals surface area (Å²) in [5.74, 6) is 1.16. The molecule has 5 heteroatoms. The number of piperidine rings is 1. The highest BCUT2D eigenvalue weighted by Gasteiger charge is 2.23. The molecular formula is C17H26N3O2+. The molecule has 2 N–H and O–H groups in total. The van der Waals surface area contributed by atoms with E-state index < -0.39 is 0 Å². The smallest absolute Gasteiger partial charge is 0.204 e. The lowest BCUT2D eigenvalue weighted by Gasteiger charge is -2.29. The largest absolute Gasteiger partial charge is 0.351 e. The number of anilines is 1. The lowest BCUT2D eigenvalue weighted by Crippen LogP contribution is -2.76. The average molecular weight is 304 g/mol. The van der Waals surface area contributed by atoms with Crippen LogP contribution in [0.5, 0.6) is 0 Å². The summed E-state index contributed by atoms with van der Waals surface area (Å²) >= 11 is 0. The van der Waals surface area contributed by atoms with Crippen molar-refractivity contribution in [1.82, 2.24) is 4.98 Å². The number of hydrogen-bond acceptors (Lipinski definition) is 4. The third kappa shape index (κ3) is 4.15. The van der Waals surface area contributed by atoms with Gasteiger partial charge in [-0.05, 0) is 25.0 Å². The van der Waals surface area contributed by atoms with Crippen LogP contribution in [0.25, 0.3) is 0 Å². The topological polar surface area (TPSA) is 59.0 Å². The van der Waals surface area contributed by atoms with Crippen LogP contribution in [0.2, 0.25) is 0 Å². The van der Waals surface area contributed by atoms with Gasteiger partial charge in [0.05, 0.1) is 7.11 Å². The Kier molecular flexibility index (Phi) is 5.32. The van der Waals surface area contributed by atoms with Crippen LogP contribution in [0.1, 0.15) is 33.6 Å². The van der Waals surface area contributed by atoms with Crippen LogP contribution in [0.15, 0.2) is 30.0 Å². The van der Waals surface area contributed by atoms with Gasteiger partial charge < -0.3 is 4.90 Å². The van der Waals surface area contributed by atoms with E-state index in [1.54, 1.807) is 18.8 Å². The number of nitrogens with two attached hydrogens (primary N) is 1. The van der Waals surface area contributed by atoms with Gasteiger partial charge in [0.2, 0.25) is 5.69 Å². The number of carbonyl (C=O) groups is 1. The van der Waals surface area contributed by atoms with Crippen molar-refractivity contribution in [1.29, 1.82) is 0 Å². The summed E-state index contributed by atoms with van der Waals surface area (Å²) in [4.78, 5) is 24.0. The fraction of sp³-hybridized carbons (Fsp3) is 0.529. The van der Waals surface area contributed by atoms with Crippen LogP contribution in [0.4, 0.5) is 11.5 Å². The Bertz CT molecular complexity index is 551. The molecule has 0 aliphatic carbocycles. The molecule has 1 aliphatic rings. The summed E-state index contributed by atoms with van der Waals surface area (Å²) < 4.78 is 0. The molecule has 1 aliphatic heterocycles. The quantitative estimate of drug-likeness (QED) is 0.682. The molecule has 0 bridgehead atoms. The van der Waals surface area contributed by atoms with Crippen LogP contribution in [-0.4, -0.2) is 31.0 Å². The van der Waals surface area contributed by atoms with Gasteiger partial charge in [0.1, 0.15) is 0 Å². The maximum Gasteiger partial charge on any atom is 0.204 e. The maximum atomic E-state index is 12.1. The summed E-state index contributed by atoms with van der Waals surface area (Å²) in [5.41, 5.74) is 3.65. The van der Waals surface area contributed by atoms with E-state index >= 15 is 0 Å². The highest BCUT2D eigenvalue weighted by atomic mass is 16.6. The molecule has 5 nitrogen and oxygen atoms in total. The zero-order chi connectivity index (χ0) is 16.2. The first-order chi connectivity index (χ1) is 10.4. The number of quaternary nitrogens is 1. The summed E-state index contributed by atoms with van der Waals surface area (Å²) in [6.45, 7) is 7.64. The van der Waals surface area contributed by atoms with E-state index in [0.717, 1.165) is 37.4 Å². The van der Waals surface area contributed by atoms with Crippen LogP contribution < -0.4 is 10.4 Å². The molecule has 1 fully saturated rings. The van der Waals surface area contributed by atoms with Gasteiger partial charge in [-0.1, -0.05) is 26.3 Å². The van der Waals surface area contributed by atoms with E-state index in [-0.39, 0.29) is 11.2 Å². The second kappa shape index (κ2) is 7.03. The maximum absolute atomic E-state index is 12.1. The molecule has 0 unspecified atom stereocenters. The van der Waals surface area contributed by atoms with Crippen molar-refractivity contribution in [3.8, 4) is 0 Å². The van der Waals surface area contributed by atoms with Crippen molar-refractivity contribution in [3.05, 3.63) is 30.0 Å². The molecule has 1 aromatic heterocycles. The molecule has 0 amide bonds. The van der Waals surface area contributed by atoms with E-state index in [9.17, 15) is 4.79 Å². The number of rotatable bonds is 4. The lowest BCUT2D eigenvalue weighted by molar-refractivity contribution is -0.829. The Labute approximate surface area is 132 Å². The monoisotopic (exact) mass is 304 g/mol. The number of pyridine rings is 1. The second-order valence-electron chi connectivity index (χ2n) is 6.67. The number of carbonyl (C=O) groups excluding carboxylic acids is 1. The first-order valence-corrected chi connectivity index (χ1v) is 7.71. The second-order valence-corrected chi connectivity index (χ2v) is 6.67. The predicted molar refractivity (Wildman–Crippen MR) is 86.8 cm³/mol. The number of nitrogens with zero attached hydrogens (tertiary/aromatic N) is 2. The van der Waals surface area contributed by atoms with Gasteiger partial charge in [0, 0.05) is 30.8 Å². The fourth-order valence-corrected chi connectivity index (χ4v) is 2.44. The minimum atomic E-state index is -0.300. The molecule has 0 aromatic carbocycles. The number of allylic oxidation sites excluding steroid dienone is 1. The zero-order valence-electron chi connectivity index (χ0n) is 13.9. The van der Waals surface area contributed by atoms with Gasteiger partial charge in [-0.2, -0.15) is 5.48 Å². The lowest BCUT2D eigenvalue weighted by atomic mass is 9.88. The highest BCUT2D eigenvalue weighted by molar-refractivity contribution is 5.94. The van der Waals surface area contributed by atoms with Gasteiger partial charge in [0.15, 0.2) is 11.6 Å². The Morgan fingerprint density at radius 1 is 1.36 bits per heavy atom. The van der Waals surface area contributed by atoms with Crippen molar-refractivity contribution >= 4 is 17.3 Å². The molecule has 2 heterocycles. The Hall–Kier alpha value is -1.72. The van der Waals surface area contributed by atoms with Crippen LogP contribution in [0.3, 0.4) is 0 Å². The zero-order valence-corrected chi connectivity index (χ0v) is 13.9.